The Balaban J connectivity index is 1.27. The van der Waals surface area contributed by atoms with Gasteiger partial charge in [0.15, 0.2) is 23.3 Å². The highest BCUT2D eigenvalue weighted by atomic mass is 19.1. The van der Waals surface area contributed by atoms with Gasteiger partial charge in [-0.3, -0.25) is 9.59 Å². The summed E-state index contributed by atoms with van der Waals surface area (Å²) in [5.74, 6) is -1.50. The van der Waals surface area contributed by atoms with Crippen LogP contribution in [0.25, 0.3) is 0 Å². The highest BCUT2D eigenvalue weighted by Crippen LogP contribution is 2.72. The Kier molecular flexibility index (Phi) is 5.94. The molecule has 5 aliphatic carbocycles. The summed E-state index contributed by atoms with van der Waals surface area (Å²) in [6.07, 6.45) is 2.52. The van der Waals surface area contributed by atoms with Crippen molar-refractivity contribution in [2.45, 2.75) is 88.3 Å². The number of carbonyl (C=O) groups excluding carboxylic acids is 2. The minimum atomic E-state index is -2.24. The number of carbonyl (C=O) groups is 2. The van der Waals surface area contributed by atoms with Crippen molar-refractivity contribution in [3.05, 3.63) is 48.1 Å². The number of rotatable bonds is 5. The maximum atomic E-state index is 17.6. The molecule has 10 atom stereocenters. The summed E-state index contributed by atoms with van der Waals surface area (Å²) in [5.41, 5.74) is 0.180. The summed E-state index contributed by atoms with van der Waals surface area (Å²) in [4.78, 5) is 26.4. The van der Waals surface area contributed by atoms with E-state index in [4.69, 9.17) is 19.9 Å². The van der Waals surface area contributed by atoms with E-state index in [-0.39, 0.29) is 42.5 Å². The third-order valence-corrected chi connectivity index (χ3v) is 11.6. The Morgan fingerprint density at radius 1 is 1.17 bits per heavy atom. The first-order valence-corrected chi connectivity index (χ1v) is 14.8. The summed E-state index contributed by atoms with van der Waals surface area (Å²) in [7, 11) is 0. The van der Waals surface area contributed by atoms with Gasteiger partial charge in [0.05, 0.1) is 12.2 Å². The lowest BCUT2D eigenvalue weighted by Gasteiger charge is -2.63. The maximum absolute atomic E-state index is 17.6. The molecule has 3 N–H and O–H groups in total. The number of nitrogen functional groups attached to an aromatic ring is 1. The number of alkyl halides is 2. The maximum Gasteiger partial charge on any atom is 0.205 e. The molecule has 1 saturated heterocycles. The van der Waals surface area contributed by atoms with Crippen LogP contribution in [0, 0.1) is 28.6 Å². The number of benzene rings is 1. The van der Waals surface area contributed by atoms with Gasteiger partial charge in [-0.15, -0.1) is 0 Å². The van der Waals surface area contributed by atoms with Crippen LogP contribution in [0.4, 0.5) is 14.5 Å². The third kappa shape index (κ3) is 3.45. The number of ketones is 2. The van der Waals surface area contributed by atoms with Crippen molar-refractivity contribution in [2.24, 2.45) is 28.6 Å². The van der Waals surface area contributed by atoms with Gasteiger partial charge in [0.1, 0.15) is 18.5 Å². The van der Waals surface area contributed by atoms with Gasteiger partial charge in [0.2, 0.25) is 5.78 Å². The predicted molar refractivity (Wildman–Crippen MR) is 145 cm³/mol. The zero-order valence-electron chi connectivity index (χ0n) is 23.4. The molecule has 7 nitrogen and oxygen atoms in total. The molecule has 220 valence electrons. The fourth-order valence-corrected chi connectivity index (χ4v) is 9.22. The lowest BCUT2D eigenvalue weighted by molar-refractivity contribution is -0.240. The fourth-order valence-electron chi connectivity index (χ4n) is 9.22. The molecule has 7 rings (SSSR count). The predicted octanol–water partition coefficient (Wildman–Crippen LogP) is 4.43. The number of ether oxygens (including phenoxy) is 3. The molecular formula is C32H37F2NO6. The molecule has 0 bridgehead atoms. The van der Waals surface area contributed by atoms with Crippen molar-refractivity contribution < 1.29 is 37.7 Å². The van der Waals surface area contributed by atoms with Gasteiger partial charge in [-0.25, -0.2) is 8.78 Å². The zero-order chi connectivity index (χ0) is 28.9. The van der Waals surface area contributed by atoms with Gasteiger partial charge in [-0.2, -0.15) is 0 Å². The number of anilines is 1. The van der Waals surface area contributed by atoms with E-state index in [9.17, 15) is 14.7 Å². The summed E-state index contributed by atoms with van der Waals surface area (Å²) in [6, 6.07) is 6.72. The molecule has 0 spiro atoms. The molecule has 41 heavy (non-hydrogen) atoms. The van der Waals surface area contributed by atoms with Crippen LogP contribution in [0.3, 0.4) is 0 Å². The SMILES string of the molecule is C[C@]12C=CC(=O)C=C1[C@@H](F)C[C@H]1C3C[C@H]4OC(C5CCC5)O[C@@]4(C(=O)COc4ccc(N)cc4)[C@@]3(C)C[C@H](O)[C@@]12F. The molecule has 1 aromatic rings. The second kappa shape index (κ2) is 8.94. The molecule has 4 saturated carbocycles. The lowest BCUT2D eigenvalue weighted by Crippen LogP contribution is -2.71. The molecule has 0 aromatic heterocycles. The number of hydrogen-bond donors (Lipinski definition) is 2. The molecule has 0 amide bonds. The minimum Gasteiger partial charge on any atom is -0.486 e. The first-order chi connectivity index (χ1) is 19.4. The smallest absolute Gasteiger partial charge is 0.205 e. The number of aliphatic hydroxyl groups excluding tert-OH is 1. The average molecular weight is 570 g/mol. The molecule has 0 radical (unpaired) electrons. The highest BCUT2D eigenvalue weighted by Gasteiger charge is 2.80. The Labute approximate surface area is 238 Å². The lowest BCUT2D eigenvalue weighted by atomic mass is 9.44. The summed E-state index contributed by atoms with van der Waals surface area (Å²) < 4.78 is 52.5. The highest BCUT2D eigenvalue weighted by molar-refractivity contribution is 6.01. The van der Waals surface area contributed by atoms with E-state index in [1.54, 1.807) is 31.2 Å². The van der Waals surface area contributed by atoms with Crippen LogP contribution >= 0.6 is 0 Å². The minimum absolute atomic E-state index is 0.0723. The van der Waals surface area contributed by atoms with Gasteiger partial charge in [0, 0.05) is 28.4 Å². The first-order valence-electron chi connectivity index (χ1n) is 14.8. The second-order valence-electron chi connectivity index (χ2n) is 13.4. The van der Waals surface area contributed by atoms with Gasteiger partial charge < -0.3 is 25.1 Å². The molecule has 6 aliphatic rings. The Morgan fingerprint density at radius 3 is 2.59 bits per heavy atom. The van der Waals surface area contributed by atoms with Crippen LogP contribution in [-0.4, -0.2) is 59.2 Å². The van der Waals surface area contributed by atoms with E-state index in [0.29, 0.717) is 17.9 Å². The molecule has 1 aromatic carbocycles. The Bertz CT molecular complexity index is 1340. The van der Waals surface area contributed by atoms with Crippen molar-refractivity contribution in [1.29, 1.82) is 0 Å². The largest absolute Gasteiger partial charge is 0.486 e. The summed E-state index contributed by atoms with van der Waals surface area (Å²) in [6.45, 7) is 3.14. The van der Waals surface area contributed by atoms with E-state index in [1.807, 2.05) is 6.92 Å². The number of Topliss-reactive ketones (excluding diaryl/α,β-unsaturated/α-hetero) is 1. The molecule has 1 heterocycles. The average Bonchev–Trinajstić information content (AvgIpc) is 3.38. The zero-order valence-corrected chi connectivity index (χ0v) is 23.4. The van der Waals surface area contributed by atoms with Gasteiger partial charge in [0.25, 0.3) is 0 Å². The van der Waals surface area contributed by atoms with Crippen molar-refractivity contribution >= 4 is 17.3 Å². The molecular weight excluding hydrogens is 532 g/mol. The number of allylic oxidation sites excluding steroid dienone is 4. The van der Waals surface area contributed by atoms with Crippen LogP contribution in [0.2, 0.25) is 0 Å². The van der Waals surface area contributed by atoms with Crippen LogP contribution in [0.15, 0.2) is 48.1 Å². The van der Waals surface area contributed by atoms with Crippen LogP contribution in [0.1, 0.15) is 52.4 Å². The monoisotopic (exact) mass is 569 g/mol. The third-order valence-electron chi connectivity index (χ3n) is 11.6. The number of nitrogens with two attached hydrogens (primary N) is 1. The molecule has 2 unspecified atom stereocenters. The van der Waals surface area contributed by atoms with Crippen molar-refractivity contribution in [2.75, 3.05) is 12.3 Å². The Hall–Kier alpha value is -2.62. The summed E-state index contributed by atoms with van der Waals surface area (Å²) in [5, 5.41) is 11.7. The number of aliphatic hydroxyl groups is 1. The van der Waals surface area contributed by atoms with Crippen molar-refractivity contribution in [3.63, 3.8) is 0 Å². The van der Waals surface area contributed by atoms with E-state index in [1.165, 1.54) is 18.2 Å². The van der Waals surface area contributed by atoms with Crippen molar-refractivity contribution in [3.8, 4) is 5.75 Å². The molecule has 1 aliphatic heterocycles. The van der Waals surface area contributed by atoms with Crippen molar-refractivity contribution in [1.82, 2.24) is 0 Å². The quantitative estimate of drug-likeness (QED) is 0.506. The van der Waals surface area contributed by atoms with Crippen LogP contribution in [-0.2, 0) is 19.1 Å². The van der Waals surface area contributed by atoms with Gasteiger partial charge >= 0.3 is 0 Å². The van der Waals surface area contributed by atoms with E-state index < -0.39 is 58.6 Å². The number of fused-ring (bicyclic) bond motifs is 7. The fraction of sp³-hybridized carbons (Fsp3) is 0.625. The normalized spacial score (nSPS) is 46.6. The topological polar surface area (TPSA) is 108 Å². The van der Waals surface area contributed by atoms with Crippen LogP contribution in [0.5, 0.6) is 5.75 Å². The molecule has 5 fully saturated rings. The Morgan fingerprint density at radius 2 is 1.90 bits per heavy atom. The van der Waals surface area contributed by atoms with E-state index >= 15 is 8.78 Å². The van der Waals surface area contributed by atoms with E-state index in [0.717, 1.165) is 19.3 Å². The first kappa shape index (κ1) is 27.2. The molecule has 9 heteroatoms. The van der Waals surface area contributed by atoms with Gasteiger partial charge in [-0.05, 0) is 86.9 Å². The van der Waals surface area contributed by atoms with E-state index in [2.05, 4.69) is 0 Å². The number of hydrogen-bond acceptors (Lipinski definition) is 7. The second-order valence-corrected chi connectivity index (χ2v) is 13.4. The van der Waals surface area contributed by atoms with Crippen LogP contribution < -0.4 is 10.5 Å². The summed E-state index contributed by atoms with van der Waals surface area (Å²) >= 11 is 0. The number of halogens is 2. The standard InChI is InChI=1S/C32H37F2NO6/c1-29-11-10-19(36)12-23(29)24(33)13-22-21-14-27-32(41-28(40-27)17-4-3-5-17,30(21,2)15-25(37)31(22,29)34)26(38)16-39-20-8-6-18(35)7-9-20/h6-12,17,21-22,24-25,27-28,37H,3-5,13-16,35H2,1-2H3/t21?,22-,24-,25-,27+,28?,29-,30-,31-,32+/m0/s1. The van der Waals surface area contributed by atoms with Gasteiger partial charge in [-0.1, -0.05) is 19.4 Å².